The minimum absolute atomic E-state index is 0. The predicted molar refractivity (Wildman–Crippen MR) is 135 cm³/mol. The average Bonchev–Trinajstić information content (AvgIpc) is 2.81. The van der Waals surface area contributed by atoms with Crippen molar-refractivity contribution in [3.8, 4) is 5.75 Å². The molecule has 0 aromatic heterocycles. The molecule has 1 saturated heterocycles. The Morgan fingerprint density at radius 3 is 2.39 bits per heavy atom. The molecule has 0 unspecified atom stereocenters. The van der Waals surface area contributed by atoms with Gasteiger partial charge in [-0.3, -0.25) is 10.3 Å². The molecule has 2 aromatic rings. The average molecular weight is 539 g/mol. The third-order valence-electron chi connectivity index (χ3n) is 5.05. The number of guanidine groups is 1. The molecule has 1 aliphatic heterocycles. The molecular weight excluding hydrogens is 509 g/mol. The van der Waals surface area contributed by atoms with Gasteiger partial charge in [0.15, 0.2) is 5.96 Å². The van der Waals surface area contributed by atoms with Crippen molar-refractivity contribution in [1.82, 2.24) is 10.2 Å². The van der Waals surface area contributed by atoms with E-state index in [9.17, 15) is 4.79 Å². The molecule has 0 spiro atoms. The Labute approximate surface area is 200 Å². The van der Waals surface area contributed by atoms with Gasteiger partial charge in [-0.2, -0.15) is 0 Å². The maximum atomic E-state index is 11.3. The van der Waals surface area contributed by atoms with Crippen LogP contribution in [0.4, 0.5) is 16.2 Å². The second kappa shape index (κ2) is 12.2. The van der Waals surface area contributed by atoms with E-state index < -0.39 is 6.09 Å². The number of hydrogen-bond acceptors (Lipinski definition) is 5. The van der Waals surface area contributed by atoms with Crippen LogP contribution < -0.4 is 20.3 Å². The van der Waals surface area contributed by atoms with Crippen LogP contribution in [0.2, 0.25) is 0 Å². The van der Waals surface area contributed by atoms with E-state index in [1.54, 1.807) is 14.2 Å². The number of carbonyl (C=O) groups is 1. The highest BCUT2D eigenvalue weighted by atomic mass is 127. The molecule has 8 nitrogen and oxygen atoms in total. The molecule has 0 radical (unpaired) electrons. The Balaban J connectivity index is 0.00000341. The molecule has 0 atom stereocenters. The summed E-state index contributed by atoms with van der Waals surface area (Å²) in [7, 11) is 4.84. The molecule has 1 amide bonds. The topological polar surface area (TPSA) is 78.4 Å². The fourth-order valence-electron chi connectivity index (χ4n) is 3.37. The van der Waals surface area contributed by atoms with Crippen LogP contribution in [0.5, 0.6) is 5.75 Å². The number of hydrogen-bond donors (Lipinski definition) is 2. The Kier molecular flexibility index (Phi) is 9.70. The number of anilines is 2. The van der Waals surface area contributed by atoms with Gasteiger partial charge >= 0.3 is 6.09 Å². The molecule has 0 bridgehead atoms. The number of nitrogens with zero attached hydrogens (tertiary/aromatic N) is 3. The zero-order valence-electron chi connectivity index (χ0n) is 18.1. The van der Waals surface area contributed by atoms with E-state index in [0.29, 0.717) is 12.2 Å². The van der Waals surface area contributed by atoms with E-state index in [-0.39, 0.29) is 24.0 Å². The number of amides is 1. The Bertz CT molecular complexity index is 868. The van der Waals surface area contributed by atoms with Crippen LogP contribution in [0.1, 0.15) is 5.56 Å². The fourth-order valence-corrected chi connectivity index (χ4v) is 3.37. The third-order valence-corrected chi connectivity index (χ3v) is 5.05. The summed E-state index contributed by atoms with van der Waals surface area (Å²) >= 11 is 0. The molecular formula is C22H30IN5O3. The highest BCUT2D eigenvalue weighted by molar-refractivity contribution is 14.0. The molecule has 1 aliphatic rings. The number of methoxy groups -OCH3 is 2. The number of ether oxygens (including phenoxy) is 2. The smallest absolute Gasteiger partial charge is 0.411 e. The highest BCUT2D eigenvalue weighted by Crippen LogP contribution is 2.22. The van der Waals surface area contributed by atoms with Gasteiger partial charge in [0.1, 0.15) is 5.75 Å². The van der Waals surface area contributed by atoms with Crippen molar-refractivity contribution in [2.75, 3.05) is 57.7 Å². The van der Waals surface area contributed by atoms with Gasteiger partial charge in [0.25, 0.3) is 0 Å². The van der Waals surface area contributed by atoms with E-state index in [1.165, 1.54) is 12.8 Å². The molecule has 3 rings (SSSR count). The van der Waals surface area contributed by atoms with Crippen molar-refractivity contribution < 1.29 is 14.3 Å². The fraction of sp³-hybridized carbons (Fsp3) is 0.364. The number of benzene rings is 2. The summed E-state index contributed by atoms with van der Waals surface area (Å²) in [5.74, 6) is 1.76. The second-order valence-corrected chi connectivity index (χ2v) is 6.89. The third kappa shape index (κ3) is 6.91. The first-order valence-corrected chi connectivity index (χ1v) is 9.91. The summed E-state index contributed by atoms with van der Waals surface area (Å²) < 4.78 is 9.93. The van der Waals surface area contributed by atoms with Crippen molar-refractivity contribution in [3.05, 3.63) is 54.1 Å². The number of nitrogens with one attached hydrogen (secondary N) is 2. The van der Waals surface area contributed by atoms with Gasteiger partial charge in [-0.15, -0.1) is 24.0 Å². The zero-order valence-corrected chi connectivity index (χ0v) is 20.5. The lowest BCUT2D eigenvalue weighted by molar-refractivity contribution is 0.187. The number of piperazine rings is 1. The lowest BCUT2D eigenvalue weighted by Crippen LogP contribution is -2.52. The largest absolute Gasteiger partial charge is 0.497 e. The Hall–Kier alpha value is -2.69. The standard InChI is InChI=1S/C22H29N5O3.HI/c1-23-21(24-16-17-7-9-18(10-8-17)25-22(28)30-3)27-13-11-26(12-14-27)19-5-4-6-20(15-19)29-2;/h4-10,15H,11-14,16H2,1-3H3,(H,23,24)(H,25,28);1H. The molecule has 0 saturated carbocycles. The van der Waals surface area contributed by atoms with Gasteiger partial charge in [-0.05, 0) is 29.8 Å². The first-order valence-electron chi connectivity index (χ1n) is 9.91. The maximum absolute atomic E-state index is 11.3. The maximum Gasteiger partial charge on any atom is 0.411 e. The van der Waals surface area contributed by atoms with Crippen molar-refractivity contribution in [1.29, 1.82) is 0 Å². The molecule has 1 heterocycles. The van der Waals surface area contributed by atoms with Crippen molar-refractivity contribution in [2.45, 2.75) is 6.54 Å². The molecule has 168 valence electrons. The van der Waals surface area contributed by atoms with Gasteiger partial charge in [0.05, 0.1) is 14.2 Å². The minimum atomic E-state index is -0.477. The van der Waals surface area contributed by atoms with E-state index in [2.05, 4.69) is 42.3 Å². The second-order valence-electron chi connectivity index (χ2n) is 6.89. The van der Waals surface area contributed by atoms with Gasteiger partial charge in [-0.25, -0.2) is 4.79 Å². The molecule has 2 N–H and O–H groups in total. The zero-order chi connectivity index (χ0) is 21.3. The number of aliphatic imine (C=N–C) groups is 1. The summed E-state index contributed by atoms with van der Waals surface area (Å²) in [6.45, 7) is 4.27. The normalized spacial score (nSPS) is 13.8. The molecule has 9 heteroatoms. The summed E-state index contributed by atoms with van der Waals surface area (Å²) in [5.41, 5.74) is 2.97. The van der Waals surface area contributed by atoms with Crippen LogP contribution in [0.15, 0.2) is 53.5 Å². The monoisotopic (exact) mass is 539 g/mol. The van der Waals surface area contributed by atoms with Crippen LogP contribution in [-0.4, -0.2) is 64.4 Å². The van der Waals surface area contributed by atoms with Crippen LogP contribution in [0.3, 0.4) is 0 Å². The SMILES string of the molecule is CN=C(NCc1ccc(NC(=O)OC)cc1)N1CCN(c2cccc(OC)c2)CC1.I. The van der Waals surface area contributed by atoms with Crippen LogP contribution >= 0.6 is 24.0 Å². The lowest BCUT2D eigenvalue weighted by atomic mass is 10.2. The van der Waals surface area contributed by atoms with E-state index in [0.717, 1.165) is 43.5 Å². The van der Waals surface area contributed by atoms with E-state index in [1.807, 2.05) is 36.4 Å². The van der Waals surface area contributed by atoms with Crippen molar-refractivity contribution in [2.24, 2.45) is 4.99 Å². The first kappa shape index (κ1) is 24.6. The summed E-state index contributed by atoms with van der Waals surface area (Å²) in [4.78, 5) is 20.3. The number of halogens is 1. The van der Waals surface area contributed by atoms with E-state index in [4.69, 9.17) is 4.74 Å². The van der Waals surface area contributed by atoms with Gasteiger partial charge in [0, 0.05) is 57.2 Å². The molecule has 31 heavy (non-hydrogen) atoms. The Morgan fingerprint density at radius 2 is 1.77 bits per heavy atom. The summed E-state index contributed by atoms with van der Waals surface area (Å²) in [6.07, 6.45) is -0.477. The summed E-state index contributed by atoms with van der Waals surface area (Å²) in [5, 5.41) is 6.07. The summed E-state index contributed by atoms with van der Waals surface area (Å²) in [6, 6.07) is 15.8. The quantitative estimate of drug-likeness (QED) is 0.345. The lowest BCUT2D eigenvalue weighted by Gasteiger charge is -2.37. The highest BCUT2D eigenvalue weighted by Gasteiger charge is 2.20. The van der Waals surface area contributed by atoms with Crippen LogP contribution in [0.25, 0.3) is 0 Å². The van der Waals surface area contributed by atoms with Crippen molar-refractivity contribution in [3.63, 3.8) is 0 Å². The Morgan fingerprint density at radius 1 is 1.06 bits per heavy atom. The van der Waals surface area contributed by atoms with Gasteiger partial charge in [0.2, 0.25) is 0 Å². The predicted octanol–water partition coefficient (Wildman–Crippen LogP) is 3.39. The van der Waals surface area contributed by atoms with Crippen LogP contribution in [0, 0.1) is 0 Å². The molecule has 1 fully saturated rings. The number of rotatable bonds is 5. The van der Waals surface area contributed by atoms with Gasteiger partial charge in [-0.1, -0.05) is 18.2 Å². The molecule has 2 aromatic carbocycles. The van der Waals surface area contributed by atoms with Gasteiger partial charge < -0.3 is 24.6 Å². The van der Waals surface area contributed by atoms with Crippen LogP contribution in [-0.2, 0) is 11.3 Å². The first-order chi connectivity index (χ1) is 14.6. The van der Waals surface area contributed by atoms with E-state index >= 15 is 0 Å². The molecule has 0 aliphatic carbocycles. The minimum Gasteiger partial charge on any atom is -0.497 e. The number of carbonyl (C=O) groups excluding carboxylic acids is 1. The van der Waals surface area contributed by atoms with Crippen molar-refractivity contribution >= 4 is 47.4 Å².